The number of carbonyl (C=O) groups excluding carboxylic acids is 1. The number of hydrogen-bond donors (Lipinski definition) is 3. The summed E-state index contributed by atoms with van der Waals surface area (Å²) in [5.74, 6) is 0.274. The van der Waals surface area contributed by atoms with Crippen LogP contribution in [-0.2, 0) is 4.74 Å². The van der Waals surface area contributed by atoms with E-state index in [1.54, 1.807) is 6.20 Å². The summed E-state index contributed by atoms with van der Waals surface area (Å²) < 4.78 is 6.05. The fourth-order valence-electron chi connectivity index (χ4n) is 8.47. The lowest BCUT2D eigenvalue weighted by molar-refractivity contribution is -0.0419. The number of primary amides is 1. The highest BCUT2D eigenvalue weighted by Crippen LogP contribution is 2.47. The van der Waals surface area contributed by atoms with Gasteiger partial charge in [-0.2, -0.15) is 0 Å². The van der Waals surface area contributed by atoms with Crippen molar-refractivity contribution in [2.45, 2.75) is 69.1 Å². The van der Waals surface area contributed by atoms with E-state index in [4.69, 9.17) is 20.4 Å². The molecule has 1 saturated carbocycles. The molecule has 2 aromatic heterocycles. The van der Waals surface area contributed by atoms with Crippen molar-refractivity contribution in [3.05, 3.63) is 54.4 Å². The fraction of sp³-hybridized carbons (Fsp3) is 0.556. The zero-order valence-corrected chi connectivity index (χ0v) is 27.5. The zero-order chi connectivity index (χ0) is 32.0. The summed E-state index contributed by atoms with van der Waals surface area (Å²) in [5, 5.41) is 6.98. The second kappa shape index (κ2) is 12.3. The van der Waals surface area contributed by atoms with E-state index in [9.17, 15) is 4.79 Å². The van der Waals surface area contributed by atoms with Crippen LogP contribution in [0.15, 0.2) is 48.7 Å². The highest BCUT2D eigenvalue weighted by molar-refractivity contribution is 5.97. The molecule has 8 rings (SSSR count). The van der Waals surface area contributed by atoms with E-state index < -0.39 is 5.91 Å². The first-order valence-electron chi connectivity index (χ1n) is 17.4. The molecule has 3 aromatic rings. The van der Waals surface area contributed by atoms with Gasteiger partial charge in [-0.15, -0.1) is 0 Å². The number of likely N-dealkylation sites (tertiary alicyclic amines) is 2. The monoisotopic (exact) mass is 637 g/mol. The number of nitrogens with two attached hydrogens (primary N) is 1. The lowest BCUT2D eigenvalue weighted by Crippen LogP contribution is -2.60. The number of hydrogen-bond acceptors (Lipinski definition) is 10. The number of anilines is 4. The molecule has 47 heavy (non-hydrogen) atoms. The average Bonchev–Trinajstić information content (AvgIpc) is 3.83. The van der Waals surface area contributed by atoms with Crippen LogP contribution in [0.5, 0.6) is 0 Å². The van der Waals surface area contributed by atoms with Crippen molar-refractivity contribution in [3.8, 4) is 11.4 Å². The minimum Gasteiger partial charge on any atom is -0.375 e. The van der Waals surface area contributed by atoms with E-state index in [1.807, 2.05) is 30.3 Å². The van der Waals surface area contributed by atoms with E-state index in [2.05, 4.69) is 49.5 Å². The van der Waals surface area contributed by atoms with Crippen molar-refractivity contribution >= 4 is 28.9 Å². The molecule has 2 spiro atoms. The van der Waals surface area contributed by atoms with Crippen molar-refractivity contribution in [2.75, 3.05) is 68.5 Å². The fourth-order valence-corrected chi connectivity index (χ4v) is 8.47. The van der Waals surface area contributed by atoms with Gasteiger partial charge in [0.2, 0.25) is 0 Å². The van der Waals surface area contributed by atoms with Gasteiger partial charge in [0.05, 0.1) is 11.3 Å². The van der Waals surface area contributed by atoms with Crippen LogP contribution in [0.3, 0.4) is 0 Å². The molecule has 11 nitrogen and oxygen atoms in total. The predicted molar refractivity (Wildman–Crippen MR) is 184 cm³/mol. The molecule has 1 aliphatic carbocycles. The molecule has 1 unspecified atom stereocenters. The number of ether oxygens (including phenoxy) is 1. The van der Waals surface area contributed by atoms with E-state index >= 15 is 0 Å². The first kappa shape index (κ1) is 30.5. The molecule has 1 aromatic carbocycles. The molecule has 4 saturated heterocycles. The Balaban J connectivity index is 0.952. The number of nitrogens with one attached hydrogen (secondary N) is 2. The van der Waals surface area contributed by atoms with Gasteiger partial charge < -0.3 is 35.8 Å². The number of rotatable bonds is 8. The Labute approximate surface area is 277 Å². The second-order valence-corrected chi connectivity index (χ2v) is 14.7. The maximum Gasteiger partial charge on any atom is 0.271 e. The summed E-state index contributed by atoms with van der Waals surface area (Å²) in [6.45, 7) is 7.93. The topological polar surface area (TPSA) is 125 Å². The summed E-state index contributed by atoms with van der Waals surface area (Å²) in [6, 6.07) is 14.9. The molecule has 5 fully saturated rings. The smallest absolute Gasteiger partial charge is 0.271 e. The summed E-state index contributed by atoms with van der Waals surface area (Å²) in [7, 11) is 2.24. The van der Waals surface area contributed by atoms with Gasteiger partial charge >= 0.3 is 0 Å². The lowest BCUT2D eigenvalue weighted by Gasteiger charge is -2.54. The molecular weight excluding hydrogens is 590 g/mol. The van der Waals surface area contributed by atoms with Gasteiger partial charge in [-0.1, -0.05) is 6.07 Å². The van der Waals surface area contributed by atoms with Crippen molar-refractivity contribution in [1.29, 1.82) is 0 Å². The summed E-state index contributed by atoms with van der Waals surface area (Å²) in [5.41, 5.74) is 9.74. The molecule has 248 valence electrons. The number of nitrogens with zero attached hydrogens (tertiary/aromatic N) is 6. The third kappa shape index (κ3) is 6.40. The number of aromatic nitrogens is 3. The minimum atomic E-state index is -0.643. The van der Waals surface area contributed by atoms with Crippen LogP contribution >= 0.6 is 0 Å². The number of amides is 1. The van der Waals surface area contributed by atoms with E-state index in [0.717, 1.165) is 51.1 Å². The van der Waals surface area contributed by atoms with Gasteiger partial charge in [-0.25, -0.2) is 9.97 Å². The van der Waals surface area contributed by atoms with Gasteiger partial charge in [0.25, 0.3) is 5.91 Å². The molecule has 0 bridgehead atoms. The quantitative estimate of drug-likeness (QED) is 0.325. The third-order valence-electron chi connectivity index (χ3n) is 11.2. The van der Waals surface area contributed by atoms with Gasteiger partial charge in [0, 0.05) is 62.4 Å². The van der Waals surface area contributed by atoms with Crippen LogP contribution in [-0.4, -0.2) is 101 Å². The Morgan fingerprint density at radius 2 is 1.70 bits per heavy atom. The van der Waals surface area contributed by atoms with Gasteiger partial charge in [-0.3, -0.25) is 9.78 Å². The van der Waals surface area contributed by atoms with Crippen molar-refractivity contribution < 1.29 is 9.53 Å². The van der Waals surface area contributed by atoms with E-state index in [1.165, 1.54) is 57.5 Å². The second-order valence-electron chi connectivity index (χ2n) is 14.7. The van der Waals surface area contributed by atoms with Crippen molar-refractivity contribution in [3.63, 3.8) is 0 Å². The molecule has 1 amide bonds. The van der Waals surface area contributed by atoms with Crippen LogP contribution in [0.25, 0.3) is 11.4 Å². The minimum absolute atomic E-state index is 0.00378. The molecule has 5 aliphatic rings. The van der Waals surface area contributed by atoms with Crippen molar-refractivity contribution in [2.24, 2.45) is 11.1 Å². The molecule has 4 aliphatic heterocycles. The Morgan fingerprint density at radius 1 is 0.936 bits per heavy atom. The van der Waals surface area contributed by atoms with Gasteiger partial charge in [-0.05, 0) is 113 Å². The molecule has 1 atom stereocenters. The normalized spacial score (nSPS) is 24.2. The molecular formula is C36H47N9O2. The van der Waals surface area contributed by atoms with Crippen LogP contribution in [0.1, 0.15) is 61.9 Å². The number of piperidine rings is 2. The molecule has 6 heterocycles. The first-order valence-corrected chi connectivity index (χ1v) is 17.4. The van der Waals surface area contributed by atoms with Gasteiger partial charge in [0.1, 0.15) is 5.69 Å². The zero-order valence-electron chi connectivity index (χ0n) is 27.5. The van der Waals surface area contributed by atoms with Crippen LogP contribution in [0.2, 0.25) is 0 Å². The number of benzene rings is 1. The highest BCUT2D eigenvalue weighted by Gasteiger charge is 2.48. The lowest BCUT2D eigenvalue weighted by atomic mass is 9.72. The summed E-state index contributed by atoms with van der Waals surface area (Å²) in [6.07, 6.45) is 10.8. The summed E-state index contributed by atoms with van der Waals surface area (Å²) in [4.78, 5) is 34.6. The maximum atomic E-state index is 12.7. The largest absolute Gasteiger partial charge is 0.375 e. The Bertz CT molecular complexity index is 1570. The average molecular weight is 638 g/mol. The van der Waals surface area contributed by atoms with Crippen LogP contribution < -0.4 is 21.3 Å². The Kier molecular flexibility index (Phi) is 8.01. The SMILES string of the molecule is CN1CC2(CCN(C3CCN(c4ccc(Nc5nc(NC6CCOC7(CC7)C6)c(-c6ccccn6)nc5C(N)=O)cc4)CC3)CC2)C1. The molecule has 4 N–H and O–H groups in total. The van der Waals surface area contributed by atoms with E-state index in [-0.39, 0.29) is 17.3 Å². The standard InChI is InChI=1S/C36H47N9O2/c1-43-23-35(24-43)14-19-45(20-15-35)28-9-17-44(18-10-28)27-7-5-25(6-8-27)39-34-31(32(37)46)41-30(29-4-2-3-16-38-29)33(42-34)40-26-11-21-47-36(22-26)12-13-36/h2-8,16,26,28H,9-15,17-24H2,1H3,(H2,37,46)(H2,39,40,42). The summed E-state index contributed by atoms with van der Waals surface area (Å²) >= 11 is 0. The van der Waals surface area contributed by atoms with Crippen LogP contribution in [0, 0.1) is 5.41 Å². The van der Waals surface area contributed by atoms with Crippen molar-refractivity contribution in [1.82, 2.24) is 24.8 Å². The first-order chi connectivity index (χ1) is 22.9. The van der Waals surface area contributed by atoms with Gasteiger partial charge in [0.15, 0.2) is 17.3 Å². The highest BCUT2D eigenvalue weighted by atomic mass is 16.5. The molecule has 0 radical (unpaired) electrons. The number of carbonyl (C=O) groups is 1. The Morgan fingerprint density at radius 3 is 2.36 bits per heavy atom. The number of pyridine rings is 1. The Hall–Kier alpha value is -3.80. The van der Waals surface area contributed by atoms with Crippen LogP contribution in [0.4, 0.5) is 23.0 Å². The predicted octanol–water partition coefficient (Wildman–Crippen LogP) is 4.50. The third-order valence-corrected chi connectivity index (χ3v) is 11.2. The maximum absolute atomic E-state index is 12.7. The molecule has 11 heteroatoms. The van der Waals surface area contributed by atoms with E-state index in [0.29, 0.717) is 34.5 Å².